The summed E-state index contributed by atoms with van der Waals surface area (Å²) in [5, 5.41) is 3.32. The van der Waals surface area contributed by atoms with E-state index >= 15 is 0 Å². The summed E-state index contributed by atoms with van der Waals surface area (Å²) in [6, 6.07) is 0. The Balaban J connectivity index is 1.71. The van der Waals surface area contributed by atoms with E-state index in [0.29, 0.717) is 25.6 Å². The van der Waals surface area contributed by atoms with Gasteiger partial charge in [0.25, 0.3) is 10.2 Å². The summed E-state index contributed by atoms with van der Waals surface area (Å²) in [7, 11) is -3.26. The average molecular weight is 303 g/mol. The number of nitrogens with zero attached hydrogens (tertiary/aromatic N) is 1. The van der Waals surface area contributed by atoms with Gasteiger partial charge in [0.1, 0.15) is 0 Å². The molecule has 0 amide bonds. The third kappa shape index (κ3) is 5.31. The molecule has 5 nitrogen and oxygen atoms in total. The van der Waals surface area contributed by atoms with Crippen LogP contribution in [0, 0.1) is 11.8 Å². The number of nitrogens with one attached hydrogen (secondary N) is 2. The highest BCUT2D eigenvalue weighted by Crippen LogP contribution is 2.33. The first kappa shape index (κ1) is 16.2. The molecule has 2 aliphatic rings. The van der Waals surface area contributed by atoms with Gasteiger partial charge in [0.05, 0.1) is 0 Å². The number of hydrogen-bond acceptors (Lipinski definition) is 3. The second kappa shape index (κ2) is 7.73. The molecule has 0 aromatic rings. The Hall–Kier alpha value is -0.170. The van der Waals surface area contributed by atoms with E-state index in [1.54, 1.807) is 4.31 Å². The molecule has 2 fully saturated rings. The predicted molar refractivity (Wildman–Crippen MR) is 81.7 cm³/mol. The molecule has 0 bridgehead atoms. The van der Waals surface area contributed by atoms with Gasteiger partial charge in [-0.1, -0.05) is 19.8 Å². The van der Waals surface area contributed by atoms with E-state index in [0.717, 1.165) is 38.3 Å². The monoisotopic (exact) mass is 303 g/mol. The van der Waals surface area contributed by atoms with Crippen LogP contribution in [0.15, 0.2) is 0 Å². The highest BCUT2D eigenvalue weighted by atomic mass is 32.2. The van der Waals surface area contributed by atoms with Crippen LogP contribution >= 0.6 is 0 Å². The molecule has 1 atom stereocenters. The van der Waals surface area contributed by atoms with Gasteiger partial charge >= 0.3 is 0 Å². The molecule has 6 heteroatoms. The Bertz CT molecular complexity index is 382. The normalized spacial score (nSPS) is 24.9. The van der Waals surface area contributed by atoms with E-state index in [1.165, 1.54) is 19.3 Å². The summed E-state index contributed by atoms with van der Waals surface area (Å²) >= 11 is 0. The predicted octanol–water partition coefficient (Wildman–Crippen LogP) is 1.33. The lowest BCUT2D eigenvalue weighted by atomic mass is 10.00. The molecule has 0 radical (unpaired) electrons. The Morgan fingerprint density at radius 3 is 2.70 bits per heavy atom. The van der Waals surface area contributed by atoms with Gasteiger partial charge in [-0.25, -0.2) is 4.72 Å². The number of piperidine rings is 1. The van der Waals surface area contributed by atoms with Gasteiger partial charge in [0.2, 0.25) is 0 Å². The van der Waals surface area contributed by atoms with Crippen molar-refractivity contribution in [2.75, 3.05) is 32.7 Å². The van der Waals surface area contributed by atoms with Crippen LogP contribution < -0.4 is 10.0 Å². The Kier molecular flexibility index (Phi) is 6.26. The van der Waals surface area contributed by atoms with Crippen LogP contribution in [0.5, 0.6) is 0 Å². The second-order valence-corrected chi connectivity index (χ2v) is 7.91. The van der Waals surface area contributed by atoms with E-state index in [2.05, 4.69) is 17.0 Å². The molecule has 1 saturated heterocycles. The largest absolute Gasteiger partial charge is 0.317 e. The van der Waals surface area contributed by atoms with Crippen molar-refractivity contribution < 1.29 is 8.42 Å². The lowest BCUT2D eigenvalue weighted by molar-refractivity contribution is 0.258. The van der Waals surface area contributed by atoms with E-state index < -0.39 is 10.2 Å². The molecular formula is C14H29N3O2S. The first-order valence-electron chi connectivity index (χ1n) is 8.07. The topological polar surface area (TPSA) is 61.4 Å². The molecule has 0 aromatic heterocycles. The van der Waals surface area contributed by atoms with Gasteiger partial charge in [-0.05, 0) is 50.6 Å². The van der Waals surface area contributed by atoms with Crippen LogP contribution in [-0.2, 0) is 10.2 Å². The first-order valence-corrected chi connectivity index (χ1v) is 9.51. The third-order valence-corrected chi connectivity index (χ3v) is 5.86. The first-order chi connectivity index (χ1) is 9.62. The molecule has 1 unspecified atom stereocenters. The minimum absolute atomic E-state index is 0.451. The zero-order valence-electron chi connectivity index (χ0n) is 12.6. The van der Waals surface area contributed by atoms with Crippen molar-refractivity contribution in [3.05, 3.63) is 0 Å². The lowest BCUT2D eigenvalue weighted by Gasteiger charge is -2.32. The van der Waals surface area contributed by atoms with Crippen molar-refractivity contribution in [2.24, 2.45) is 11.8 Å². The van der Waals surface area contributed by atoms with E-state index in [-0.39, 0.29) is 0 Å². The molecule has 2 rings (SSSR count). The highest BCUT2D eigenvalue weighted by molar-refractivity contribution is 7.87. The summed E-state index contributed by atoms with van der Waals surface area (Å²) in [6.45, 7) is 5.87. The van der Waals surface area contributed by atoms with Crippen LogP contribution in [0.2, 0.25) is 0 Å². The van der Waals surface area contributed by atoms with Crippen molar-refractivity contribution in [3.63, 3.8) is 0 Å². The SMILES string of the molecule is CCNCC1CCCN(S(=O)(=O)NCCCC2CC2)C1. The number of hydrogen-bond donors (Lipinski definition) is 2. The van der Waals surface area contributed by atoms with E-state index in [4.69, 9.17) is 0 Å². The minimum Gasteiger partial charge on any atom is -0.317 e. The quantitative estimate of drug-likeness (QED) is 0.632. The fourth-order valence-corrected chi connectivity index (χ4v) is 4.21. The summed E-state index contributed by atoms with van der Waals surface area (Å²) in [5.74, 6) is 1.32. The van der Waals surface area contributed by atoms with Gasteiger partial charge in [0, 0.05) is 19.6 Å². The molecule has 0 spiro atoms. The molecule has 1 heterocycles. The Labute approximate surface area is 123 Å². The second-order valence-electron chi connectivity index (χ2n) is 6.16. The molecule has 1 saturated carbocycles. The van der Waals surface area contributed by atoms with Crippen molar-refractivity contribution in [1.82, 2.24) is 14.3 Å². The summed E-state index contributed by atoms with van der Waals surface area (Å²) in [6.07, 6.45) is 6.92. The standard InChI is InChI=1S/C14H29N3O2S/c1-2-15-11-14-6-4-10-17(12-14)20(18,19)16-9-3-5-13-7-8-13/h13-16H,2-12H2,1H3. The zero-order chi connectivity index (χ0) is 14.4. The maximum absolute atomic E-state index is 12.3. The van der Waals surface area contributed by atoms with E-state index in [9.17, 15) is 8.42 Å². The lowest BCUT2D eigenvalue weighted by Crippen LogP contribution is -2.47. The Morgan fingerprint density at radius 2 is 2.00 bits per heavy atom. The molecule has 1 aliphatic carbocycles. The molecule has 1 aliphatic heterocycles. The van der Waals surface area contributed by atoms with Crippen LogP contribution in [0.3, 0.4) is 0 Å². The van der Waals surface area contributed by atoms with Crippen molar-refractivity contribution in [3.8, 4) is 0 Å². The van der Waals surface area contributed by atoms with Crippen molar-refractivity contribution in [2.45, 2.75) is 45.4 Å². The molecule has 118 valence electrons. The number of rotatable bonds is 9. The maximum atomic E-state index is 12.3. The van der Waals surface area contributed by atoms with E-state index in [1.807, 2.05) is 0 Å². The summed E-state index contributed by atoms with van der Waals surface area (Å²) < 4.78 is 28.9. The van der Waals surface area contributed by atoms with Gasteiger partial charge in [0.15, 0.2) is 0 Å². The van der Waals surface area contributed by atoms with Crippen LogP contribution in [0.4, 0.5) is 0 Å². The van der Waals surface area contributed by atoms with Crippen molar-refractivity contribution >= 4 is 10.2 Å². The zero-order valence-corrected chi connectivity index (χ0v) is 13.4. The Morgan fingerprint density at radius 1 is 1.20 bits per heavy atom. The van der Waals surface area contributed by atoms with Gasteiger partial charge in [-0.3, -0.25) is 0 Å². The summed E-state index contributed by atoms with van der Waals surface area (Å²) in [5.41, 5.74) is 0. The molecule has 0 aromatic carbocycles. The molecule has 2 N–H and O–H groups in total. The minimum atomic E-state index is -3.26. The van der Waals surface area contributed by atoms with Crippen LogP contribution in [-0.4, -0.2) is 45.4 Å². The fourth-order valence-electron chi connectivity index (χ4n) is 2.85. The van der Waals surface area contributed by atoms with Crippen molar-refractivity contribution in [1.29, 1.82) is 0 Å². The van der Waals surface area contributed by atoms with Gasteiger partial charge in [-0.15, -0.1) is 0 Å². The van der Waals surface area contributed by atoms with Gasteiger partial charge in [-0.2, -0.15) is 12.7 Å². The van der Waals surface area contributed by atoms with Crippen LogP contribution in [0.25, 0.3) is 0 Å². The maximum Gasteiger partial charge on any atom is 0.279 e. The molecular weight excluding hydrogens is 274 g/mol. The van der Waals surface area contributed by atoms with Crippen LogP contribution in [0.1, 0.15) is 45.4 Å². The highest BCUT2D eigenvalue weighted by Gasteiger charge is 2.28. The average Bonchev–Trinajstić information content (AvgIpc) is 3.26. The van der Waals surface area contributed by atoms with Gasteiger partial charge < -0.3 is 5.32 Å². The molecule has 20 heavy (non-hydrogen) atoms. The smallest absolute Gasteiger partial charge is 0.279 e. The summed E-state index contributed by atoms with van der Waals surface area (Å²) in [4.78, 5) is 0. The fraction of sp³-hybridized carbons (Fsp3) is 1.00. The third-order valence-electron chi connectivity index (χ3n) is 4.28.